The molecule has 0 saturated carbocycles. The van der Waals surface area contributed by atoms with Gasteiger partial charge in [-0.05, 0) is 30.0 Å². The highest BCUT2D eigenvalue weighted by Gasteiger charge is 1.99. The summed E-state index contributed by atoms with van der Waals surface area (Å²) in [5.41, 5.74) is 7.60. The minimum atomic E-state index is 0.546. The van der Waals surface area contributed by atoms with Gasteiger partial charge in [0.15, 0.2) is 0 Å². The van der Waals surface area contributed by atoms with Crippen molar-refractivity contribution in [1.29, 1.82) is 0 Å². The molecule has 102 valence electrons. The Labute approximate surface area is 114 Å². The Morgan fingerprint density at radius 3 is 2.58 bits per heavy atom. The number of nitrogen functional groups attached to an aromatic ring is 1. The fourth-order valence-corrected chi connectivity index (χ4v) is 1.76. The lowest BCUT2D eigenvalue weighted by atomic mass is 10.1. The monoisotopic (exact) mass is 259 g/mol. The molecule has 0 spiro atoms. The van der Waals surface area contributed by atoms with E-state index in [-0.39, 0.29) is 0 Å². The van der Waals surface area contributed by atoms with Gasteiger partial charge >= 0.3 is 0 Å². The van der Waals surface area contributed by atoms with Crippen molar-refractivity contribution in [3.63, 3.8) is 0 Å². The molecule has 2 rings (SSSR count). The Morgan fingerprint density at radius 1 is 1.26 bits per heavy atom. The Hall–Kier alpha value is -1.97. The Kier molecular flexibility index (Phi) is 4.44. The summed E-state index contributed by atoms with van der Waals surface area (Å²) in [6.45, 7) is 5.88. The summed E-state index contributed by atoms with van der Waals surface area (Å²) in [6, 6.07) is 8.25. The van der Waals surface area contributed by atoms with E-state index >= 15 is 0 Å². The van der Waals surface area contributed by atoms with E-state index in [9.17, 15) is 0 Å². The molecule has 0 saturated heterocycles. The summed E-state index contributed by atoms with van der Waals surface area (Å²) in [4.78, 5) is 0. The van der Waals surface area contributed by atoms with Crippen molar-refractivity contribution in [3.8, 4) is 5.75 Å². The molecular weight excluding hydrogens is 238 g/mol. The first-order valence-electron chi connectivity index (χ1n) is 6.63. The number of nitrogens with zero attached hydrogens (tertiary/aromatic N) is 2. The van der Waals surface area contributed by atoms with Gasteiger partial charge in [0.1, 0.15) is 5.75 Å². The van der Waals surface area contributed by atoms with E-state index in [1.165, 1.54) is 5.56 Å². The summed E-state index contributed by atoms with van der Waals surface area (Å²) in [5, 5.41) is 4.16. The van der Waals surface area contributed by atoms with Gasteiger partial charge in [-0.25, -0.2) is 0 Å². The molecule has 4 nitrogen and oxygen atoms in total. The van der Waals surface area contributed by atoms with Gasteiger partial charge < -0.3 is 10.5 Å². The van der Waals surface area contributed by atoms with E-state index in [4.69, 9.17) is 10.5 Å². The standard InChI is InChI=1S/C15H21N3O/c1-12(2)11-19-15-5-3-13(4-6-15)7-8-18-10-14(16)9-17-18/h3-6,9-10,12H,7-8,11,16H2,1-2H3. The van der Waals surface area contributed by atoms with Gasteiger partial charge in [-0.1, -0.05) is 26.0 Å². The summed E-state index contributed by atoms with van der Waals surface area (Å²) >= 11 is 0. The second kappa shape index (κ2) is 6.27. The highest BCUT2D eigenvalue weighted by Crippen LogP contribution is 2.14. The number of hydrogen-bond acceptors (Lipinski definition) is 3. The molecule has 19 heavy (non-hydrogen) atoms. The third-order valence-electron chi connectivity index (χ3n) is 2.79. The van der Waals surface area contributed by atoms with Gasteiger partial charge in [-0.15, -0.1) is 0 Å². The number of benzene rings is 1. The summed E-state index contributed by atoms with van der Waals surface area (Å²) < 4.78 is 7.51. The van der Waals surface area contributed by atoms with Gasteiger partial charge in [-0.2, -0.15) is 5.10 Å². The molecule has 0 radical (unpaired) electrons. The van der Waals surface area contributed by atoms with Crippen LogP contribution in [0.25, 0.3) is 0 Å². The normalized spacial score (nSPS) is 10.9. The van der Waals surface area contributed by atoms with Crippen LogP contribution in [-0.4, -0.2) is 16.4 Å². The highest BCUT2D eigenvalue weighted by molar-refractivity contribution is 5.30. The summed E-state index contributed by atoms with van der Waals surface area (Å²) in [6.07, 6.45) is 4.45. The number of aromatic nitrogens is 2. The molecule has 4 heteroatoms. The van der Waals surface area contributed by atoms with E-state index < -0.39 is 0 Å². The minimum absolute atomic E-state index is 0.546. The van der Waals surface area contributed by atoms with Crippen LogP contribution in [0, 0.1) is 5.92 Å². The average molecular weight is 259 g/mol. The van der Waals surface area contributed by atoms with Crippen LogP contribution in [0.4, 0.5) is 5.69 Å². The molecule has 2 aromatic rings. The van der Waals surface area contributed by atoms with Crippen molar-refractivity contribution in [2.75, 3.05) is 12.3 Å². The van der Waals surface area contributed by atoms with Crippen LogP contribution in [0.3, 0.4) is 0 Å². The van der Waals surface area contributed by atoms with Crippen LogP contribution >= 0.6 is 0 Å². The van der Waals surface area contributed by atoms with Crippen molar-refractivity contribution >= 4 is 5.69 Å². The Bertz CT molecular complexity index is 502. The number of ether oxygens (including phenoxy) is 1. The average Bonchev–Trinajstić information content (AvgIpc) is 2.81. The Morgan fingerprint density at radius 2 is 2.00 bits per heavy atom. The molecule has 0 aliphatic carbocycles. The van der Waals surface area contributed by atoms with E-state index in [0.717, 1.165) is 25.3 Å². The maximum Gasteiger partial charge on any atom is 0.119 e. The van der Waals surface area contributed by atoms with Gasteiger partial charge in [0.2, 0.25) is 0 Å². The molecule has 0 fully saturated rings. The lowest BCUT2D eigenvalue weighted by molar-refractivity contribution is 0.271. The van der Waals surface area contributed by atoms with Crippen molar-refractivity contribution < 1.29 is 4.74 Å². The van der Waals surface area contributed by atoms with Gasteiger partial charge in [-0.3, -0.25) is 4.68 Å². The molecule has 1 heterocycles. The van der Waals surface area contributed by atoms with Crippen LogP contribution in [-0.2, 0) is 13.0 Å². The smallest absolute Gasteiger partial charge is 0.119 e. The van der Waals surface area contributed by atoms with Gasteiger partial charge in [0.05, 0.1) is 18.5 Å². The van der Waals surface area contributed by atoms with E-state index in [1.807, 2.05) is 23.0 Å². The fraction of sp³-hybridized carbons (Fsp3) is 0.400. The predicted octanol–water partition coefficient (Wildman–Crippen LogP) is 2.74. The lowest BCUT2D eigenvalue weighted by Gasteiger charge is -2.09. The largest absolute Gasteiger partial charge is 0.493 e. The molecule has 1 aromatic carbocycles. The second-order valence-electron chi connectivity index (χ2n) is 5.14. The van der Waals surface area contributed by atoms with E-state index in [0.29, 0.717) is 11.6 Å². The molecule has 0 atom stereocenters. The summed E-state index contributed by atoms with van der Waals surface area (Å²) in [5.74, 6) is 1.48. The number of rotatable bonds is 6. The molecule has 0 aliphatic rings. The number of anilines is 1. The van der Waals surface area contributed by atoms with E-state index in [1.54, 1.807) is 6.20 Å². The number of hydrogen-bond donors (Lipinski definition) is 1. The Balaban J connectivity index is 1.84. The molecule has 0 aliphatic heterocycles. The quantitative estimate of drug-likeness (QED) is 0.867. The van der Waals surface area contributed by atoms with Crippen molar-refractivity contribution in [2.45, 2.75) is 26.8 Å². The minimum Gasteiger partial charge on any atom is -0.493 e. The molecule has 0 bridgehead atoms. The van der Waals surface area contributed by atoms with Gasteiger partial charge in [0, 0.05) is 12.7 Å². The topological polar surface area (TPSA) is 53.1 Å². The van der Waals surface area contributed by atoms with Gasteiger partial charge in [0.25, 0.3) is 0 Å². The molecular formula is C15H21N3O. The summed E-state index contributed by atoms with van der Waals surface area (Å²) in [7, 11) is 0. The third-order valence-corrected chi connectivity index (χ3v) is 2.79. The number of nitrogens with two attached hydrogens (primary N) is 1. The van der Waals surface area contributed by atoms with Crippen LogP contribution in [0.5, 0.6) is 5.75 Å². The predicted molar refractivity (Wildman–Crippen MR) is 77.1 cm³/mol. The zero-order valence-electron chi connectivity index (χ0n) is 11.5. The first-order valence-corrected chi connectivity index (χ1v) is 6.63. The van der Waals surface area contributed by atoms with Crippen molar-refractivity contribution in [3.05, 3.63) is 42.2 Å². The molecule has 1 aromatic heterocycles. The van der Waals surface area contributed by atoms with Crippen LogP contribution in [0.15, 0.2) is 36.7 Å². The lowest BCUT2D eigenvalue weighted by Crippen LogP contribution is -2.04. The zero-order valence-corrected chi connectivity index (χ0v) is 11.5. The second-order valence-corrected chi connectivity index (χ2v) is 5.14. The van der Waals surface area contributed by atoms with Crippen LogP contribution in [0.2, 0.25) is 0 Å². The fourth-order valence-electron chi connectivity index (χ4n) is 1.76. The SMILES string of the molecule is CC(C)COc1ccc(CCn2cc(N)cn2)cc1. The number of aryl methyl sites for hydroxylation is 2. The van der Waals surface area contributed by atoms with Crippen LogP contribution < -0.4 is 10.5 Å². The molecule has 2 N–H and O–H groups in total. The van der Waals surface area contributed by atoms with Crippen molar-refractivity contribution in [2.24, 2.45) is 5.92 Å². The first-order chi connectivity index (χ1) is 9.13. The molecule has 0 unspecified atom stereocenters. The zero-order chi connectivity index (χ0) is 13.7. The van der Waals surface area contributed by atoms with Crippen LogP contribution in [0.1, 0.15) is 19.4 Å². The highest BCUT2D eigenvalue weighted by atomic mass is 16.5. The van der Waals surface area contributed by atoms with Crippen molar-refractivity contribution in [1.82, 2.24) is 9.78 Å². The maximum atomic E-state index is 5.65. The molecule has 0 amide bonds. The third kappa shape index (κ3) is 4.32. The van der Waals surface area contributed by atoms with E-state index in [2.05, 4.69) is 31.1 Å². The first kappa shape index (κ1) is 13.5. The maximum absolute atomic E-state index is 5.65.